The highest BCUT2D eigenvalue weighted by Crippen LogP contribution is 2.18. The number of nitrogens with one attached hydrogen (secondary N) is 1. The van der Waals surface area contributed by atoms with E-state index in [0.29, 0.717) is 6.07 Å². The van der Waals surface area contributed by atoms with E-state index in [2.05, 4.69) is 4.72 Å². The summed E-state index contributed by atoms with van der Waals surface area (Å²) in [6, 6.07) is 2.69. The summed E-state index contributed by atoms with van der Waals surface area (Å²) < 4.78 is 39.7. The van der Waals surface area contributed by atoms with E-state index in [4.69, 9.17) is 5.11 Å². The maximum atomic E-state index is 13.6. The Labute approximate surface area is 111 Å². The Morgan fingerprint density at radius 3 is 2.37 bits per heavy atom. The second kappa shape index (κ2) is 5.26. The van der Waals surface area contributed by atoms with Crippen molar-refractivity contribution in [3.63, 3.8) is 0 Å². The summed E-state index contributed by atoms with van der Waals surface area (Å²) in [6.45, 7) is 5.65. The number of aromatic carboxylic acids is 1. The molecular formula is C12H16FNO4S. The number of hydrogen-bond acceptors (Lipinski definition) is 3. The minimum absolute atomic E-state index is 0.148. The standard InChI is InChI=1S/C12H16FNO4S/c1-12(2,3)7-14-19(17,18)10-5-4-8(11(15)16)6-9(10)13/h4-6,14H,7H2,1-3H3,(H,15,16). The third-order valence-electron chi connectivity index (χ3n) is 2.26. The Morgan fingerprint density at radius 2 is 1.95 bits per heavy atom. The van der Waals surface area contributed by atoms with Gasteiger partial charge in [0.25, 0.3) is 0 Å². The van der Waals surface area contributed by atoms with Gasteiger partial charge in [-0.2, -0.15) is 0 Å². The van der Waals surface area contributed by atoms with Crippen LogP contribution in [0.3, 0.4) is 0 Å². The molecule has 0 radical (unpaired) electrons. The number of hydrogen-bond donors (Lipinski definition) is 2. The monoisotopic (exact) mass is 289 g/mol. The Balaban J connectivity index is 3.06. The van der Waals surface area contributed by atoms with Crippen LogP contribution in [0.5, 0.6) is 0 Å². The molecule has 7 heteroatoms. The first-order valence-corrected chi connectivity index (χ1v) is 7.04. The maximum absolute atomic E-state index is 13.6. The number of halogens is 1. The van der Waals surface area contributed by atoms with Gasteiger partial charge in [-0.1, -0.05) is 20.8 Å². The first kappa shape index (κ1) is 15.6. The van der Waals surface area contributed by atoms with Crippen molar-refractivity contribution in [1.29, 1.82) is 0 Å². The minimum atomic E-state index is -3.98. The number of carboxylic acids is 1. The summed E-state index contributed by atoms with van der Waals surface area (Å²) in [5.41, 5.74) is -0.586. The van der Waals surface area contributed by atoms with E-state index < -0.39 is 26.7 Å². The van der Waals surface area contributed by atoms with E-state index in [-0.39, 0.29) is 17.5 Å². The normalized spacial score (nSPS) is 12.4. The zero-order chi connectivity index (χ0) is 14.8. The van der Waals surface area contributed by atoms with Crippen LogP contribution in [0.25, 0.3) is 0 Å². The van der Waals surface area contributed by atoms with Gasteiger partial charge in [0.2, 0.25) is 10.0 Å². The zero-order valence-corrected chi connectivity index (χ0v) is 11.7. The molecule has 0 saturated heterocycles. The molecule has 0 heterocycles. The molecule has 0 amide bonds. The lowest BCUT2D eigenvalue weighted by atomic mass is 9.98. The van der Waals surface area contributed by atoms with Crippen LogP contribution in [-0.4, -0.2) is 26.0 Å². The smallest absolute Gasteiger partial charge is 0.335 e. The summed E-state index contributed by atoms with van der Waals surface area (Å²) in [7, 11) is -3.98. The Kier molecular flexibility index (Phi) is 4.32. The Hall–Kier alpha value is -1.47. The molecular weight excluding hydrogens is 273 g/mol. The molecule has 0 atom stereocenters. The van der Waals surface area contributed by atoms with Gasteiger partial charge < -0.3 is 5.11 Å². The highest BCUT2D eigenvalue weighted by atomic mass is 32.2. The molecule has 2 N–H and O–H groups in total. The molecule has 0 saturated carbocycles. The number of carboxylic acid groups (broad SMARTS) is 1. The van der Waals surface area contributed by atoms with Crippen molar-refractivity contribution in [3.05, 3.63) is 29.6 Å². The molecule has 106 valence electrons. The highest BCUT2D eigenvalue weighted by molar-refractivity contribution is 7.89. The largest absolute Gasteiger partial charge is 0.478 e. The topological polar surface area (TPSA) is 83.5 Å². The first-order chi connectivity index (χ1) is 8.53. The van der Waals surface area contributed by atoms with Crippen molar-refractivity contribution in [2.24, 2.45) is 5.41 Å². The summed E-state index contributed by atoms with van der Waals surface area (Å²) in [6.07, 6.45) is 0. The third kappa shape index (κ3) is 4.29. The average Bonchev–Trinajstić information content (AvgIpc) is 2.25. The van der Waals surface area contributed by atoms with Crippen molar-refractivity contribution in [2.45, 2.75) is 25.7 Å². The van der Waals surface area contributed by atoms with E-state index >= 15 is 0 Å². The lowest BCUT2D eigenvalue weighted by Crippen LogP contribution is -2.32. The van der Waals surface area contributed by atoms with Crippen LogP contribution in [0.2, 0.25) is 0 Å². The first-order valence-electron chi connectivity index (χ1n) is 5.55. The quantitative estimate of drug-likeness (QED) is 0.886. The van der Waals surface area contributed by atoms with Gasteiger partial charge in [-0.15, -0.1) is 0 Å². The number of benzene rings is 1. The third-order valence-corrected chi connectivity index (χ3v) is 3.70. The van der Waals surface area contributed by atoms with E-state index in [9.17, 15) is 17.6 Å². The van der Waals surface area contributed by atoms with Crippen LogP contribution in [-0.2, 0) is 10.0 Å². The maximum Gasteiger partial charge on any atom is 0.335 e. The van der Waals surface area contributed by atoms with E-state index in [1.54, 1.807) is 0 Å². The predicted octanol–water partition coefficient (Wildman–Crippen LogP) is 1.85. The molecule has 1 rings (SSSR count). The average molecular weight is 289 g/mol. The second-order valence-electron chi connectivity index (χ2n) is 5.34. The van der Waals surface area contributed by atoms with Crippen molar-refractivity contribution in [3.8, 4) is 0 Å². The van der Waals surface area contributed by atoms with Crippen molar-refractivity contribution < 1.29 is 22.7 Å². The van der Waals surface area contributed by atoms with Crippen LogP contribution in [0, 0.1) is 11.2 Å². The van der Waals surface area contributed by atoms with E-state index in [1.807, 2.05) is 20.8 Å². The van der Waals surface area contributed by atoms with Gasteiger partial charge in [-0.25, -0.2) is 22.3 Å². The lowest BCUT2D eigenvalue weighted by molar-refractivity contribution is 0.0696. The van der Waals surface area contributed by atoms with Crippen molar-refractivity contribution >= 4 is 16.0 Å². The van der Waals surface area contributed by atoms with Gasteiger partial charge >= 0.3 is 5.97 Å². The molecule has 1 aromatic rings. The van der Waals surface area contributed by atoms with Gasteiger partial charge in [-0.05, 0) is 23.6 Å². The number of rotatable bonds is 4. The molecule has 0 fully saturated rings. The summed E-state index contributed by atoms with van der Waals surface area (Å²) in [5.74, 6) is -2.40. The molecule has 0 bridgehead atoms. The van der Waals surface area contributed by atoms with Crippen LogP contribution in [0.15, 0.2) is 23.1 Å². The van der Waals surface area contributed by atoms with E-state index in [1.165, 1.54) is 0 Å². The number of sulfonamides is 1. The minimum Gasteiger partial charge on any atom is -0.478 e. The summed E-state index contributed by atoms with van der Waals surface area (Å²) >= 11 is 0. The molecule has 0 unspecified atom stereocenters. The molecule has 0 aromatic heterocycles. The summed E-state index contributed by atoms with van der Waals surface area (Å²) in [4.78, 5) is 10.1. The van der Waals surface area contributed by atoms with Gasteiger partial charge in [-0.3, -0.25) is 0 Å². The van der Waals surface area contributed by atoms with Crippen molar-refractivity contribution in [1.82, 2.24) is 4.72 Å². The van der Waals surface area contributed by atoms with Crippen LogP contribution >= 0.6 is 0 Å². The fraction of sp³-hybridized carbons (Fsp3) is 0.417. The predicted molar refractivity (Wildman–Crippen MR) is 68.0 cm³/mol. The molecule has 0 aliphatic heterocycles. The van der Waals surface area contributed by atoms with Gasteiger partial charge in [0, 0.05) is 6.54 Å². The molecule has 0 aliphatic rings. The Bertz CT molecular complexity index is 590. The number of carbonyl (C=O) groups is 1. The van der Waals surface area contributed by atoms with E-state index in [0.717, 1.165) is 12.1 Å². The SMILES string of the molecule is CC(C)(C)CNS(=O)(=O)c1ccc(C(=O)O)cc1F. The molecule has 0 spiro atoms. The highest BCUT2D eigenvalue weighted by Gasteiger charge is 2.22. The van der Waals surface area contributed by atoms with Crippen LogP contribution < -0.4 is 4.72 Å². The van der Waals surface area contributed by atoms with Gasteiger partial charge in [0.05, 0.1) is 5.56 Å². The molecule has 0 aliphatic carbocycles. The second-order valence-corrected chi connectivity index (χ2v) is 7.07. The fourth-order valence-corrected chi connectivity index (χ4v) is 2.58. The fourth-order valence-electron chi connectivity index (χ4n) is 1.24. The lowest BCUT2D eigenvalue weighted by Gasteiger charge is -2.18. The molecule has 5 nitrogen and oxygen atoms in total. The molecule has 19 heavy (non-hydrogen) atoms. The Morgan fingerprint density at radius 1 is 1.37 bits per heavy atom. The van der Waals surface area contributed by atoms with Crippen molar-refractivity contribution in [2.75, 3.05) is 6.54 Å². The van der Waals surface area contributed by atoms with Gasteiger partial charge in [0.1, 0.15) is 10.7 Å². The zero-order valence-electron chi connectivity index (χ0n) is 10.9. The van der Waals surface area contributed by atoms with Crippen LogP contribution in [0.4, 0.5) is 4.39 Å². The molecule has 1 aromatic carbocycles. The van der Waals surface area contributed by atoms with Gasteiger partial charge in [0.15, 0.2) is 0 Å². The van der Waals surface area contributed by atoms with Crippen LogP contribution in [0.1, 0.15) is 31.1 Å². The summed E-state index contributed by atoms with van der Waals surface area (Å²) in [5, 5.41) is 8.68.